The molecule has 0 bridgehead atoms. The topological polar surface area (TPSA) is 52.8 Å². The van der Waals surface area contributed by atoms with Gasteiger partial charge in [0, 0.05) is 30.0 Å². The molecule has 180 valence electrons. The predicted molar refractivity (Wildman–Crippen MR) is 144 cm³/mol. The first-order valence-electron chi connectivity index (χ1n) is 12.1. The van der Waals surface area contributed by atoms with Crippen LogP contribution >= 0.6 is 9.42 Å². The van der Waals surface area contributed by atoms with E-state index in [0.29, 0.717) is 0 Å². The van der Waals surface area contributed by atoms with Gasteiger partial charge in [-0.2, -0.15) is 0 Å². The number of nitrogens with zero attached hydrogens (tertiary/aromatic N) is 4. The maximum atomic E-state index is 5.00. The Morgan fingerprint density at radius 1 is 0.750 bits per heavy atom. The number of aryl methyl sites for hydroxylation is 1. The standard InChI is InChI=1S/C29H23N4Si.ClH.Pt/c1-4-12-25-24(11-1)29(33-32-25)26-16-15-21(19-31-26)34(20-8-7-17-30-18-20)27-13-5-2-9-22(27)23-10-3-6-14-28(23)34;;/h2-3,5-10,13-19H,1,4,11-12H2;1H;/q-1;;+2/p-1. The van der Waals surface area contributed by atoms with Crippen LogP contribution in [-0.2, 0) is 31.6 Å². The van der Waals surface area contributed by atoms with Crippen LogP contribution in [0.3, 0.4) is 0 Å². The smallest absolute Gasteiger partial charge is 0.183 e. The molecular formula is C29H23ClN4PtSi. The van der Waals surface area contributed by atoms with Gasteiger partial charge in [0.2, 0.25) is 0 Å². The Hall–Kier alpha value is -2.85. The van der Waals surface area contributed by atoms with E-state index in [4.69, 9.17) is 4.98 Å². The minimum absolute atomic E-state index is 0.925. The summed E-state index contributed by atoms with van der Waals surface area (Å²) in [6.45, 7) is 0. The molecular weight excluding hydrogens is 663 g/mol. The molecule has 3 aromatic heterocycles. The Morgan fingerprint density at radius 2 is 1.44 bits per heavy atom. The van der Waals surface area contributed by atoms with Crippen molar-refractivity contribution in [3.8, 4) is 22.5 Å². The molecule has 36 heavy (non-hydrogen) atoms. The summed E-state index contributed by atoms with van der Waals surface area (Å²) in [4.78, 5) is 9.55. The van der Waals surface area contributed by atoms with Gasteiger partial charge in [0.05, 0.1) is 0 Å². The van der Waals surface area contributed by atoms with Crippen LogP contribution in [0.15, 0.2) is 91.4 Å². The van der Waals surface area contributed by atoms with Crippen LogP contribution in [0.1, 0.15) is 24.1 Å². The zero-order chi connectivity index (χ0) is 24.5. The van der Waals surface area contributed by atoms with Crippen LogP contribution in [0.4, 0.5) is 0 Å². The first kappa shape index (κ1) is 23.5. The molecule has 0 unspecified atom stereocenters. The number of benzene rings is 2. The van der Waals surface area contributed by atoms with Crippen LogP contribution in [0.25, 0.3) is 22.5 Å². The van der Waals surface area contributed by atoms with E-state index in [9.17, 15) is 0 Å². The molecule has 7 rings (SSSR count). The van der Waals surface area contributed by atoms with Gasteiger partial charge in [-0.25, -0.2) is 0 Å². The van der Waals surface area contributed by atoms with Gasteiger partial charge in [-0.05, 0) is 75.3 Å². The molecule has 0 saturated carbocycles. The summed E-state index contributed by atoms with van der Waals surface area (Å²) < 4.78 is 0. The molecule has 0 fully saturated rings. The van der Waals surface area contributed by atoms with Crippen molar-refractivity contribution in [1.82, 2.24) is 20.2 Å². The zero-order valence-corrected chi connectivity index (χ0v) is 23.5. The number of rotatable bonds is 3. The van der Waals surface area contributed by atoms with Gasteiger partial charge in [-0.15, -0.1) is 0 Å². The zero-order valence-electron chi connectivity index (χ0n) is 19.5. The SMILES string of the molecule is [Cl][Pt+].c1cncc([Si]2(c3ccc(-c4[n-]nc5c4CCCC5)nc3)c3ccccc3-c3ccccc32)c1. The molecule has 0 radical (unpaired) electrons. The molecule has 4 nitrogen and oxygen atoms in total. The first-order valence-corrected chi connectivity index (χ1v) is 16.9. The van der Waals surface area contributed by atoms with Crippen LogP contribution in [0.5, 0.6) is 0 Å². The second kappa shape index (κ2) is 9.89. The van der Waals surface area contributed by atoms with E-state index in [2.05, 4.69) is 110 Å². The van der Waals surface area contributed by atoms with E-state index in [-0.39, 0.29) is 0 Å². The maximum Gasteiger partial charge on any atom is 0.183 e. The third kappa shape index (κ3) is 3.56. The Kier molecular flexibility index (Phi) is 6.47. The summed E-state index contributed by atoms with van der Waals surface area (Å²) in [6, 6.07) is 26.5. The summed E-state index contributed by atoms with van der Waals surface area (Å²) in [6.07, 6.45) is 10.5. The average molecular weight is 686 g/mol. The van der Waals surface area contributed by atoms with Crippen LogP contribution in [0.2, 0.25) is 0 Å². The van der Waals surface area contributed by atoms with Crippen LogP contribution in [0, 0.1) is 0 Å². The Morgan fingerprint density at radius 3 is 2.11 bits per heavy atom. The fraction of sp³-hybridized carbons (Fsp3) is 0.138. The average Bonchev–Trinajstić information content (AvgIpc) is 3.53. The number of fused-ring (bicyclic) bond motifs is 4. The predicted octanol–water partition coefficient (Wildman–Crippen LogP) is 3.42. The minimum atomic E-state index is -2.52. The molecule has 0 saturated heterocycles. The summed E-state index contributed by atoms with van der Waals surface area (Å²) >= 11 is 1.61. The van der Waals surface area contributed by atoms with Crippen molar-refractivity contribution in [2.45, 2.75) is 25.7 Å². The van der Waals surface area contributed by atoms with E-state index in [0.717, 1.165) is 29.9 Å². The molecule has 1 aliphatic carbocycles. The summed E-state index contributed by atoms with van der Waals surface area (Å²) in [5.41, 5.74) is 7.00. The van der Waals surface area contributed by atoms with Crippen molar-refractivity contribution in [2.24, 2.45) is 0 Å². The molecule has 1 aliphatic heterocycles. The Balaban J connectivity index is 0.00000117. The summed E-state index contributed by atoms with van der Waals surface area (Å²) in [5.74, 6) is 0. The van der Waals surface area contributed by atoms with E-state index in [1.807, 2.05) is 6.20 Å². The first-order chi connectivity index (χ1) is 17.9. The van der Waals surface area contributed by atoms with E-state index >= 15 is 0 Å². The largest absolute Gasteiger partial charge is 0.573 e. The molecule has 0 spiro atoms. The Labute approximate surface area is 227 Å². The molecule has 4 heterocycles. The van der Waals surface area contributed by atoms with Crippen LogP contribution in [-0.4, -0.2) is 23.1 Å². The second-order valence-electron chi connectivity index (χ2n) is 9.20. The minimum Gasteiger partial charge on any atom is -0.573 e. The fourth-order valence-electron chi connectivity index (χ4n) is 6.00. The normalized spacial score (nSPS) is 14.8. The van der Waals surface area contributed by atoms with Crippen molar-refractivity contribution in [1.29, 1.82) is 0 Å². The van der Waals surface area contributed by atoms with Crippen LogP contribution < -0.4 is 25.8 Å². The third-order valence-corrected chi connectivity index (χ3v) is 12.3. The number of halogens is 1. The van der Waals surface area contributed by atoms with Gasteiger partial charge in [0.25, 0.3) is 0 Å². The quantitative estimate of drug-likeness (QED) is 0.268. The maximum absolute atomic E-state index is 5.00. The third-order valence-electron chi connectivity index (χ3n) is 7.48. The van der Waals surface area contributed by atoms with Gasteiger partial charge in [-0.1, -0.05) is 66.4 Å². The van der Waals surface area contributed by atoms with Gasteiger partial charge in [-0.3, -0.25) is 9.97 Å². The molecule has 0 atom stereocenters. The number of hydrogen-bond acceptors (Lipinski definition) is 3. The van der Waals surface area contributed by atoms with Crippen molar-refractivity contribution >= 4 is 38.2 Å². The fourth-order valence-corrected chi connectivity index (χ4v) is 11.0. The molecule has 7 heteroatoms. The molecule has 0 N–H and O–H groups in total. The Bertz CT molecular complexity index is 1470. The van der Waals surface area contributed by atoms with Crippen molar-refractivity contribution in [3.63, 3.8) is 0 Å². The monoisotopic (exact) mass is 685 g/mol. The van der Waals surface area contributed by atoms with E-state index in [1.165, 1.54) is 50.3 Å². The number of hydrogen-bond donors (Lipinski definition) is 0. The van der Waals surface area contributed by atoms with E-state index in [1.54, 1.807) is 18.8 Å². The number of pyridine rings is 2. The summed E-state index contributed by atoms with van der Waals surface area (Å²) in [7, 11) is 2.09. The van der Waals surface area contributed by atoms with Gasteiger partial charge in [0.15, 0.2) is 8.07 Å². The van der Waals surface area contributed by atoms with Crippen molar-refractivity contribution in [3.05, 3.63) is 103 Å². The molecule has 0 amide bonds. The summed E-state index contributed by atoms with van der Waals surface area (Å²) in [5, 5.41) is 14.4. The molecule has 2 aliphatic rings. The molecule has 5 aromatic rings. The van der Waals surface area contributed by atoms with Gasteiger partial charge >= 0.3 is 28.2 Å². The van der Waals surface area contributed by atoms with Crippen molar-refractivity contribution in [2.75, 3.05) is 0 Å². The van der Waals surface area contributed by atoms with Gasteiger partial charge < -0.3 is 10.2 Å². The molecule has 2 aromatic carbocycles. The second-order valence-corrected chi connectivity index (χ2v) is 12.9. The van der Waals surface area contributed by atoms with Crippen molar-refractivity contribution < 1.29 is 18.8 Å². The van der Waals surface area contributed by atoms with E-state index < -0.39 is 8.07 Å². The van der Waals surface area contributed by atoms with Gasteiger partial charge in [0.1, 0.15) is 0 Å². The number of aromatic nitrogens is 4.